The Balaban J connectivity index is 2.15. The standard InChI is InChI=1S/C14H25N5S/c1-4-15-12-16-13(19-8-6-5-7-9-19)18-14(17-12)20-10-11(2)3/h11H,4-10H2,1-3H3,(H,15,16,17,18). The van der Waals surface area contributed by atoms with Crippen molar-refractivity contribution in [3.05, 3.63) is 0 Å². The molecule has 0 atom stereocenters. The first-order valence-corrected chi connectivity index (χ1v) is 8.55. The van der Waals surface area contributed by atoms with Crippen LogP contribution >= 0.6 is 11.8 Å². The maximum atomic E-state index is 4.64. The minimum Gasteiger partial charge on any atom is -0.354 e. The van der Waals surface area contributed by atoms with E-state index in [2.05, 4.69) is 45.9 Å². The van der Waals surface area contributed by atoms with Crippen LogP contribution in [0, 0.1) is 5.92 Å². The summed E-state index contributed by atoms with van der Waals surface area (Å²) in [5.41, 5.74) is 0. The fourth-order valence-electron chi connectivity index (χ4n) is 2.12. The lowest BCUT2D eigenvalue weighted by Crippen LogP contribution is -2.31. The van der Waals surface area contributed by atoms with Crippen LogP contribution in [0.15, 0.2) is 5.16 Å². The zero-order chi connectivity index (χ0) is 14.4. The van der Waals surface area contributed by atoms with Gasteiger partial charge in [0.25, 0.3) is 0 Å². The number of thioether (sulfide) groups is 1. The molecule has 1 saturated heterocycles. The van der Waals surface area contributed by atoms with Gasteiger partial charge in [-0.1, -0.05) is 25.6 Å². The predicted molar refractivity (Wildman–Crippen MR) is 85.6 cm³/mol. The Morgan fingerprint density at radius 3 is 2.55 bits per heavy atom. The number of piperidine rings is 1. The van der Waals surface area contributed by atoms with Crippen molar-refractivity contribution < 1.29 is 0 Å². The van der Waals surface area contributed by atoms with E-state index in [1.807, 2.05) is 0 Å². The zero-order valence-electron chi connectivity index (χ0n) is 12.7. The molecule has 0 radical (unpaired) electrons. The number of rotatable bonds is 6. The number of hydrogen-bond donors (Lipinski definition) is 1. The highest BCUT2D eigenvalue weighted by Gasteiger charge is 2.16. The van der Waals surface area contributed by atoms with Crippen LogP contribution in [-0.4, -0.2) is 40.3 Å². The van der Waals surface area contributed by atoms with Crippen LogP contribution in [0.25, 0.3) is 0 Å². The second kappa shape index (κ2) is 7.67. The van der Waals surface area contributed by atoms with Gasteiger partial charge < -0.3 is 10.2 Å². The van der Waals surface area contributed by atoms with Crippen molar-refractivity contribution in [2.75, 3.05) is 35.6 Å². The average molecular weight is 295 g/mol. The summed E-state index contributed by atoms with van der Waals surface area (Å²) in [7, 11) is 0. The molecule has 1 aromatic rings. The third-order valence-electron chi connectivity index (χ3n) is 3.12. The van der Waals surface area contributed by atoms with Gasteiger partial charge in [-0.25, -0.2) is 0 Å². The van der Waals surface area contributed by atoms with Gasteiger partial charge in [-0.2, -0.15) is 15.0 Å². The van der Waals surface area contributed by atoms with E-state index in [4.69, 9.17) is 0 Å². The lowest BCUT2D eigenvalue weighted by Gasteiger charge is -2.26. The molecule has 1 aliphatic rings. The Kier molecular flexibility index (Phi) is 5.88. The third kappa shape index (κ3) is 4.51. The van der Waals surface area contributed by atoms with E-state index in [1.165, 1.54) is 19.3 Å². The summed E-state index contributed by atoms with van der Waals surface area (Å²) in [4.78, 5) is 16.0. The molecule has 0 aromatic carbocycles. The zero-order valence-corrected chi connectivity index (χ0v) is 13.5. The molecule has 1 aliphatic heterocycles. The number of aromatic nitrogens is 3. The summed E-state index contributed by atoms with van der Waals surface area (Å²) in [6.07, 6.45) is 3.78. The summed E-state index contributed by atoms with van der Waals surface area (Å²) >= 11 is 1.72. The van der Waals surface area contributed by atoms with Crippen molar-refractivity contribution in [1.82, 2.24) is 15.0 Å². The smallest absolute Gasteiger partial charge is 0.231 e. The van der Waals surface area contributed by atoms with Gasteiger partial charge >= 0.3 is 0 Å². The van der Waals surface area contributed by atoms with Gasteiger partial charge in [0.15, 0.2) is 5.16 Å². The topological polar surface area (TPSA) is 53.9 Å². The SMILES string of the molecule is CCNc1nc(SCC(C)C)nc(N2CCCCC2)n1. The summed E-state index contributed by atoms with van der Waals surface area (Å²) in [5.74, 6) is 3.21. The minimum absolute atomic E-state index is 0.637. The maximum Gasteiger partial charge on any atom is 0.231 e. The predicted octanol–water partition coefficient (Wildman–Crippen LogP) is 3.04. The van der Waals surface area contributed by atoms with Gasteiger partial charge in [-0.15, -0.1) is 0 Å². The van der Waals surface area contributed by atoms with Crippen LogP contribution in [0.5, 0.6) is 0 Å². The van der Waals surface area contributed by atoms with Crippen LogP contribution in [0.2, 0.25) is 0 Å². The molecule has 2 heterocycles. The van der Waals surface area contributed by atoms with Crippen molar-refractivity contribution >= 4 is 23.7 Å². The lowest BCUT2D eigenvalue weighted by atomic mass is 10.1. The van der Waals surface area contributed by atoms with E-state index in [-0.39, 0.29) is 0 Å². The van der Waals surface area contributed by atoms with E-state index < -0.39 is 0 Å². The quantitative estimate of drug-likeness (QED) is 0.814. The molecule has 0 unspecified atom stereocenters. The second-order valence-electron chi connectivity index (χ2n) is 5.52. The molecule has 112 valence electrons. The van der Waals surface area contributed by atoms with E-state index in [9.17, 15) is 0 Å². The van der Waals surface area contributed by atoms with Crippen molar-refractivity contribution in [2.45, 2.75) is 45.2 Å². The van der Waals surface area contributed by atoms with Gasteiger partial charge in [-0.05, 0) is 32.1 Å². The largest absolute Gasteiger partial charge is 0.354 e. The summed E-state index contributed by atoms with van der Waals surface area (Å²) < 4.78 is 0. The first-order chi connectivity index (χ1) is 9.69. The fourth-order valence-corrected chi connectivity index (χ4v) is 2.90. The highest BCUT2D eigenvalue weighted by molar-refractivity contribution is 7.99. The van der Waals surface area contributed by atoms with Gasteiger partial charge in [0.1, 0.15) is 0 Å². The fraction of sp³-hybridized carbons (Fsp3) is 0.786. The number of hydrogen-bond acceptors (Lipinski definition) is 6. The molecule has 1 N–H and O–H groups in total. The van der Waals surface area contributed by atoms with Gasteiger partial charge in [-0.3, -0.25) is 0 Å². The van der Waals surface area contributed by atoms with E-state index in [0.717, 1.165) is 36.5 Å². The van der Waals surface area contributed by atoms with Gasteiger partial charge in [0, 0.05) is 25.4 Å². The van der Waals surface area contributed by atoms with Gasteiger partial charge in [0.2, 0.25) is 11.9 Å². The van der Waals surface area contributed by atoms with Crippen LogP contribution in [-0.2, 0) is 0 Å². The van der Waals surface area contributed by atoms with Crippen molar-refractivity contribution in [3.8, 4) is 0 Å². The molecule has 6 heteroatoms. The van der Waals surface area contributed by atoms with Crippen molar-refractivity contribution in [1.29, 1.82) is 0 Å². The summed E-state index contributed by atoms with van der Waals surface area (Å²) in [5, 5.41) is 4.05. The van der Waals surface area contributed by atoms with Crippen LogP contribution in [0.4, 0.5) is 11.9 Å². The molecular weight excluding hydrogens is 270 g/mol. The molecule has 1 fully saturated rings. The molecule has 1 aromatic heterocycles. The average Bonchev–Trinajstić information content (AvgIpc) is 2.46. The van der Waals surface area contributed by atoms with Crippen molar-refractivity contribution in [3.63, 3.8) is 0 Å². The van der Waals surface area contributed by atoms with Crippen molar-refractivity contribution in [2.24, 2.45) is 5.92 Å². The summed E-state index contributed by atoms with van der Waals surface area (Å²) in [6.45, 7) is 9.44. The minimum atomic E-state index is 0.637. The Morgan fingerprint density at radius 1 is 1.15 bits per heavy atom. The third-order valence-corrected chi connectivity index (χ3v) is 4.40. The Hall–Kier alpha value is -1.04. The molecule has 0 spiro atoms. The molecule has 0 bridgehead atoms. The number of nitrogens with zero attached hydrogens (tertiary/aromatic N) is 4. The maximum absolute atomic E-state index is 4.64. The highest BCUT2D eigenvalue weighted by Crippen LogP contribution is 2.22. The van der Waals surface area contributed by atoms with E-state index in [1.54, 1.807) is 11.8 Å². The van der Waals surface area contributed by atoms with Crippen LogP contribution < -0.4 is 10.2 Å². The second-order valence-corrected chi connectivity index (χ2v) is 6.51. The number of nitrogens with one attached hydrogen (secondary N) is 1. The van der Waals surface area contributed by atoms with E-state index in [0.29, 0.717) is 11.9 Å². The Morgan fingerprint density at radius 2 is 1.90 bits per heavy atom. The van der Waals surface area contributed by atoms with Gasteiger partial charge in [0.05, 0.1) is 0 Å². The van der Waals surface area contributed by atoms with E-state index >= 15 is 0 Å². The lowest BCUT2D eigenvalue weighted by molar-refractivity contribution is 0.565. The normalized spacial score (nSPS) is 15.7. The molecule has 20 heavy (non-hydrogen) atoms. The Labute approximate surface area is 126 Å². The molecule has 0 saturated carbocycles. The van der Waals surface area contributed by atoms with Crippen LogP contribution in [0.1, 0.15) is 40.0 Å². The van der Waals surface area contributed by atoms with Crippen LogP contribution in [0.3, 0.4) is 0 Å². The molecular formula is C14H25N5S. The summed E-state index contributed by atoms with van der Waals surface area (Å²) in [6, 6.07) is 0. The highest BCUT2D eigenvalue weighted by atomic mass is 32.2. The molecule has 0 amide bonds. The number of anilines is 2. The molecule has 2 rings (SSSR count). The molecule has 5 nitrogen and oxygen atoms in total. The monoisotopic (exact) mass is 295 g/mol. The molecule has 0 aliphatic carbocycles. The first-order valence-electron chi connectivity index (χ1n) is 7.56. The Bertz CT molecular complexity index is 418. The first kappa shape index (κ1) is 15.4.